The van der Waals surface area contributed by atoms with Gasteiger partial charge in [-0.05, 0) is 28.8 Å². The van der Waals surface area contributed by atoms with Crippen molar-refractivity contribution in [3.8, 4) is 11.5 Å². The van der Waals surface area contributed by atoms with Gasteiger partial charge in [-0.1, -0.05) is 54.6 Å². The van der Waals surface area contributed by atoms with E-state index in [1.165, 1.54) is 0 Å². The minimum atomic E-state index is 0. The number of methoxy groups -OCH3 is 2. The maximum absolute atomic E-state index is 6.07. The third kappa shape index (κ3) is 7.76. The highest BCUT2D eigenvalue weighted by Gasteiger charge is 2.06. The third-order valence-electron chi connectivity index (χ3n) is 4.47. The SMILES string of the molecule is COc1ccc(OC)c(NC(N)=NCc2cccc(COCc3ccccc3)c2)c1.I. The highest BCUT2D eigenvalue weighted by atomic mass is 127. The van der Waals surface area contributed by atoms with Crippen LogP contribution in [0.4, 0.5) is 5.69 Å². The second-order valence-electron chi connectivity index (χ2n) is 6.69. The van der Waals surface area contributed by atoms with E-state index in [2.05, 4.69) is 28.5 Å². The van der Waals surface area contributed by atoms with Crippen molar-refractivity contribution in [1.29, 1.82) is 0 Å². The predicted octanol–water partition coefficient (Wildman–Crippen LogP) is 4.97. The molecule has 0 heterocycles. The normalized spacial score (nSPS) is 10.8. The van der Waals surface area contributed by atoms with Gasteiger partial charge >= 0.3 is 0 Å². The molecule has 0 aliphatic carbocycles. The predicted molar refractivity (Wildman–Crippen MR) is 135 cm³/mol. The third-order valence-corrected chi connectivity index (χ3v) is 4.47. The van der Waals surface area contributed by atoms with Crippen LogP contribution in [-0.4, -0.2) is 20.2 Å². The zero-order valence-electron chi connectivity index (χ0n) is 17.7. The van der Waals surface area contributed by atoms with Gasteiger partial charge in [-0.15, -0.1) is 24.0 Å². The summed E-state index contributed by atoms with van der Waals surface area (Å²) in [5.74, 6) is 1.66. The van der Waals surface area contributed by atoms with Gasteiger partial charge < -0.3 is 25.3 Å². The molecule has 0 fully saturated rings. The average molecular weight is 533 g/mol. The van der Waals surface area contributed by atoms with Gasteiger partial charge in [0, 0.05) is 6.07 Å². The lowest BCUT2D eigenvalue weighted by Crippen LogP contribution is -2.23. The summed E-state index contributed by atoms with van der Waals surface area (Å²) in [5.41, 5.74) is 10.1. The molecule has 0 unspecified atom stereocenters. The minimum absolute atomic E-state index is 0. The average Bonchev–Trinajstić information content (AvgIpc) is 2.78. The fourth-order valence-corrected chi connectivity index (χ4v) is 2.94. The second kappa shape index (κ2) is 12.8. The van der Waals surface area contributed by atoms with E-state index in [0.29, 0.717) is 42.9 Å². The highest BCUT2D eigenvalue weighted by Crippen LogP contribution is 2.28. The number of rotatable bonds is 9. The van der Waals surface area contributed by atoms with Crippen molar-refractivity contribution >= 4 is 35.6 Å². The van der Waals surface area contributed by atoms with Crippen molar-refractivity contribution in [2.45, 2.75) is 19.8 Å². The summed E-state index contributed by atoms with van der Waals surface area (Å²) in [6, 6.07) is 23.7. The molecular weight excluding hydrogens is 505 g/mol. The number of nitrogens with one attached hydrogen (secondary N) is 1. The first kappa shape index (κ1) is 24.5. The Kier molecular flexibility index (Phi) is 10.1. The molecule has 6 nitrogen and oxygen atoms in total. The van der Waals surface area contributed by atoms with Crippen LogP contribution in [0.5, 0.6) is 11.5 Å². The molecule has 0 saturated heterocycles. The Hall–Kier alpha value is -2.78. The summed E-state index contributed by atoms with van der Waals surface area (Å²) in [5, 5.41) is 3.07. The van der Waals surface area contributed by atoms with Crippen LogP contribution in [0.3, 0.4) is 0 Å². The van der Waals surface area contributed by atoms with E-state index in [1.807, 2.05) is 54.6 Å². The van der Waals surface area contributed by atoms with Crippen LogP contribution in [0.25, 0.3) is 0 Å². The van der Waals surface area contributed by atoms with Crippen molar-refractivity contribution in [2.75, 3.05) is 19.5 Å². The van der Waals surface area contributed by atoms with Gasteiger partial charge in [-0.2, -0.15) is 0 Å². The van der Waals surface area contributed by atoms with Crippen molar-refractivity contribution in [2.24, 2.45) is 10.7 Å². The molecule has 0 spiro atoms. The number of hydrogen-bond acceptors (Lipinski definition) is 4. The lowest BCUT2D eigenvalue weighted by molar-refractivity contribution is 0.107. The second-order valence-corrected chi connectivity index (χ2v) is 6.69. The molecule has 3 rings (SSSR count). The lowest BCUT2D eigenvalue weighted by atomic mass is 10.1. The van der Waals surface area contributed by atoms with Gasteiger partial charge in [0.05, 0.1) is 39.7 Å². The van der Waals surface area contributed by atoms with Gasteiger partial charge in [-0.25, -0.2) is 4.99 Å². The van der Waals surface area contributed by atoms with Crippen molar-refractivity contribution in [3.05, 3.63) is 89.5 Å². The Morgan fingerprint density at radius 3 is 2.29 bits per heavy atom. The zero-order valence-corrected chi connectivity index (χ0v) is 20.0. The Morgan fingerprint density at radius 1 is 0.839 bits per heavy atom. The smallest absolute Gasteiger partial charge is 0.193 e. The molecule has 0 aliphatic rings. The topological polar surface area (TPSA) is 78.1 Å². The Morgan fingerprint density at radius 2 is 1.55 bits per heavy atom. The first-order valence-electron chi connectivity index (χ1n) is 9.66. The molecule has 164 valence electrons. The van der Waals surface area contributed by atoms with Gasteiger partial charge in [-0.3, -0.25) is 0 Å². The quantitative estimate of drug-likeness (QED) is 0.231. The number of nitrogens with two attached hydrogens (primary N) is 1. The number of aliphatic imine (C=N–C) groups is 1. The number of benzene rings is 3. The maximum atomic E-state index is 6.07. The van der Waals surface area contributed by atoms with Gasteiger partial charge in [0.25, 0.3) is 0 Å². The van der Waals surface area contributed by atoms with E-state index in [9.17, 15) is 0 Å². The number of nitrogens with zero attached hydrogens (tertiary/aromatic N) is 1. The summed E-state index contributed by atoms with van der Waals surface area (Å²) in [6.07, 6.45) is 0. The van der Waals surface area contributed by atoms with Crippen molar-refractivity contribution in [3.63, 3.8) is 0 Å². The monoisotopic (exact) mass is 533 g/mol. The molecule has 0 bridgehead atoms. The van der Waals surface area contributed by atoms with E-state index in [0.717, 1.165) is 16.7 Å². The Labute approximate surface area is 200 Å². The molecule has 0 atom stereocenters. The molecule has 0 aliphatic heterocycles. The Balaban J connectivity index is 0.00000341. The van der Waals surface area contributed by atoms with Crippen LogP contribution in [-0.2, 0) is 24.5 Å². The molecule has 0 radical (unpaired) electrons. The lowest BCUT2D eigenvalue weighted by Gasteiger charge is -2.12. The van der Waals surface area contributed by atoms with E-state index in [1.54, 1.807) is 14.2 Å². The maximum Gasteiger partial charge on any atom is 0.193 e. The van der Waals surface area contributed by atoms with Crippen LogP contribution in [0.1, 0.15) is 16.7 Å². The first-order valence-corrected chi connectivity index (χ1v) is 9.66. The number of ether oxygens (including phenoxy) is 3. The fraction of sp³-hybridized carbons (Fsp3) is 0.208. The fourth-order valence-electron chi connectivity index (χ4n) is 2.94. The van der Waals surface area contributed by atoms with E-state index < -0.39 is 0 Å². The summed E-state index contributed by atoms with van der Waals surface area (Å²) in [4.78, 5) is 4.44. The number of hydrogen-bond donors (Lipinski definition) is 2. The molecule has 3 N–H and O–H groups in total. The van der Waals surface area contributed by atoms with Crippen LogP contribution in [0.2, 0.25) is 0 Å². The molecule has 31 heavy (non-hydrogen) atoms. The van der Waals surface area contributed by atoms with Crippen LogP contribution in [0, 0.1) is 0 Å². The zero-order chi connectivity index (χ0) is 21.2. The van der Waals surface area contributed by atoms with Gasteiger partial charge in [0.1, 0.15) is 11.5 Å². The summed E-state index contributed by atoms with van der Waals surface area (Å²) in [6.45, 7) is 1.58. The molecule has 0 saturated carbocycles. The summed E-state index contributed by atoms with van der Waals surface area (Å²) in [7, 11) is 3.21. The first-order chi connectivity index (χ1) is 14.7. The van der Waals surface area contributed by atoms with Gasteiger partial charge in [0.2, 0.25) is 0 Å². The highest BCUT2D eigenvalue weighted by molar-refractivity contribution is 14.0. The van der Waals surface area contributed by atoms with Gasteiger partial charge in [0.15, 0.2) is 5.96 Å². The number of anilines is 1. The molecule has 0 aromatic heterocycles. The summed E-state index contributed by atoms with van der Waals surface area (Å²) >= 11 is 0. The van der Waals surface area contributed by atoms with Crippen molar-refractivity contribution < 1.29 is 14.2 Å². The number of halogens is 1. The molecule has 0 amide bonds. The van der Waals surface area contributed by atoms with E-state index in [-0.39, 0.29) is 24.0 Å². The molecular formula is C24H28IN3O3. The van der Waals surface area contributed by atoms with Crippen LogP contribution >= 0.6 is 24.0 Å². The van der Waals surface area contributed by atoms with E-state index in [4.69, 9.17) is 19.9 Å². The largest absolute Gasteiger partial charge is 0.497 e. The number of guanidine groups is 1. The molecule has 3 aromatic rings. The standard InChI is InChI=1S/C24H27N3O3.HI/c1-28-21-11-12-23(29-2)22(14-21)27-24(25)26-15-19-9-6-10-20(13-19)17-30-16-18-7-4-3-5-8-18;/h3-14H,15-17H2,1-2H3,(H3,25,26,27);1H. The van der Waals surface area contributed by atoms with Crippen molar-refractivity contribution in [1.82, 2.24) is 0 Å². The van der Waals surface area contributed by atoms with Crippen LogP contribution in [0.15, 0.2) is 77.8 Å². The molecule has 7 heteroatoms. The molecule has 3 aromatic carbocycles. The van der Waals surface area contributed by atoms with Crippen LogP contribution < -0.4 is 20.5 Å². The minimum Gasteiger partial charge on any atom is -0.497 e. The van der Waals surface area contributed by atoms with E-state index >= 15 is 0 Å². The summed E-state index contributed by atoms with van der Waals surface area (Å²) < 4.78 is 16.4. The Bertz CT molecular complexity index is 981.